The lowest BCUT2D eigenvalue weighted by atomic mass is 10.1. The smallest absolute Gasteiger partial charge is 0.191 e. The van der Waals surface area contributed by atoms with Gasteiger partial charge in [-0.25, -0.2) is 0 Å². The molecule has 1 aromatic rings. The summed E-state index contributed by atoms with van der Waals surface area (Å²) in [7, 11) is 1.80. The van der Waals surface area contributed by atoms with Crippen LogP contribution in [-0.4, -0.2) is 46.0 Å². The molecule has 136 valence electrons. The van der Waals surface area contributed by atoms with Crippen LogP contribution in [0.4, 0.5) is 0 Å². The minimum atomic E-state index is 0. The lowest BCUT2D eigenvalue weighted by molar-refractivity contribution is 0.0888. The van der Waals surface area contributed by atoms with Crippen molar-refractivity contribution in [3.8, 4) is 0 Å². The summed E-state index contributed by atoms with van der Waals surface area (Å²) in [5.74, 6) is 1.41. The molecule has 5 nitrogen and oxygen atoms in total. The van der Waals surface area contributed by atoms with Crippen LogP contribution in [-0.2, 0) is 9.47 Å². The second kappa shape index (κ2) is 12.5. The molecule has 1 heterocycles. The number of hydrogen-bond donors (Lipinski definition) is 2. The molecule has 2 atom stereocenters. The Bertz CT molecular complexity index is 465. The van der Waals surface area contributed by atoms with Crippen LogP contribution in [0, 0.1) is 5.92 Å². The highest BCUT2D eigenvalue weighted by atomic mass is 127. The molecule has 1 aromatic carbocycles. The molecule has 0 spiro atoms. The molecule has 1 aliphatic heterocycles. The van der Waals surface area contributed by atoms with Gasteiger partial charge in [0.1, 0.15) is 0 Å². The summed E-state index contributed by atoms with van der Waals surface area (Å²) < 4.78 is 11.0. The minimum absolute atomic E-state index is 0. The van der Waals surface area contributed by atoms with E-state index in [2.05, 4.69) is 46.8 Å². The summed E-state index contributed by atoms with van der Waals surface area (Å²) in [6.07, 6.45) is 2.10. The van der Waals surface area contributed by atoms with Crippen LogP contribution < -0.4 is 10.6 Å². The van der Waals surface area contributed by atoms with Crippen molar-refractivity contribution in [3.63, 3.8) is 0 Å². The van der Waals surface area contributed by atoms with Crippen molar-refractivity contribution < 1.29 is 9.47 Å². The number of rotatable bonds is 8. The number of nitrogens with one attached hydrogen (secondary N) is 2. The predicted octanol–water partition coefficient (Wildman–Crippen LogP) is 2.97. The van der Waals surface area contributed by atoms with E-state index >= 15 is 0 Å². The third-order valence-corrected chi connectivity index (χ3v) is 4.01. The van der Waals surface area contributed by atoms with Gasteiger partial charge in [-0.2, -0.15) is 0 Å². The van der Waals surface area contributed by atoms with Gasteiger partial charge in [0.25, 0.3) is 0 Å². The Kier molecular flexibility index (Phi) is 11.0. The van der Waals surface area contributed by atoms with Crippen molar-refractivity contribution in [1.82, 2.24) is 10.6 Å². The van der Waals surface area contributed by atoms with E-state index in [1.165, 1.54) is 5.56 Å². The van der Waals surface area contributed by atoms with Gasteiger partial charge in [0.2, 0.25) is 0 Å². The maximum Gasteiger partial charge on any atom is 0.191 e. The number of guanidine groups is 1. The van der Waals surface area contributed by atoms with Crippen molar-refractivity contribution in [2.45, 2.75) is 25.8 Å². The molecule has 2 rings (SSSR count). The maximum atomic E-state index is 5.70. The zero-order valence-electron chi connectivity index (χ0n) is 14.7. The van der Waals surface area contributed by atoms with Crippen molar-refractivity contribution in [2.24, 2.45) is 10.9 Å². The predicted molar refractivity (Wildman–Crippen MR) is 109 cm³/mol. The Morgan fingerprint density at radius 1 is 1.38 bits per heavy atom. The fraction of sp³-hybridized carbons (Fsp3) is 0.611. The molecule has 0 bridgehead atoms. The fourth-order valence-corrected chi connectivity index (χ4v) is 2.57. The molecule has 24 heavy (non-hydrogen) atoms. The van der Waals surface area contributed by atoms with E-state index in [0.717, 1.165) is 51.8 Å². The van der Waals surface area contributed by atoms with Crippen LogP contribution in [0.2, 0.25) is 0 Å². The second-order valence-corrected chi connectivity index (χ2v) is 5.93. The van der Waals surface area contributed by atoms with Crippen LogP contribution in [0.3, 0.4) is 0 Å². The Morgan fingerprint density at radius 3 is 2.83 bits per heavy atom. The van der Waals surface area contributed by atoms with Crippen molar-refractivity contribution in [3.05, 3.63) is 35.9 Å². The lowest BCUT2D eigenvalue weighted by Crippen LogP contribution is -2.39. The molecule has 0 aliphatic carbocycles. The van der Waals surface area contributed by atoms with Crippen LogP contribution in [0.1, 0.15) is 31.4 Å². The number of nitrogens with zero attached hydrogens (tertiary/aromatic N) is 1. The van der Waals surface area contributed by atoms with Gasteiger partial charge in [-0.1, -0.05) is 30.3 Å². The average Bonchev–Trinajstić information content (AvgIpc) is 3.11. The summed E-state index contributed by atoms with van der Waals surface area (Å²) >= 11 is 0. The Balaban J connectivity index is 0.00000288. The summed E-state index contributed by atoms with van der Waals surface area (Å²) in [5, 5.41) is 6.73. The molecule has 0 aromatic heterocycles. The van der Waals surface area contributed by atoms with Gasteiger partial charge in [0, 0.05) is 32.7 Å². The molecular formula is C18H30IN3O2. The topological polar surface area (TPSA) is 54.9 Å². The van der Waals surface area contributed by atoms with Crippen LogP contribution >= 0.6 is 24.0 Å². The summed E-state index contributed by atoms with van der Waals surface area (Å²) in [4.78, 5) is 4.27. The van der Waals surface area contributed by atoms with Gasteiger partial charge < -0.3 is 20.1 Å². The number of benzene rings is 1. The summed E-state index contributed by atoms with van der Waals surface area (Å²) in [6.45, 7) is 6.31. The van der Waals surface area contributed by atoms with E-state index in [-0.39, 0.29) is 30.0 Å². The van der Waals surface area contributed by atoms with Crippen molar-refractivity contribution in [1.29, 1.82) is 0 Å². The van der Waals surface area contributed by atoms with Crippen LogP contribution in [0.5, 0.6) is 0 Å². The number of aliphatic imine (C=N–C) groups is 1. The standard InChI is InChI=1S/C18H29N3O2.HI/c1-15(17-7-4-3-5-8-17)21-18(19-2)20-10-6-11-22-13-16-9-12-23-14-16;/h3-5,7-8,15-16H,6,9-14H2,1-2H3,(H2,19,20,21);1H. The molecule has 6 heteroatoms. The Hall–Kier alpha value is -0.860. The third kappa shape index (κ3) is 7.81. The first kappa shape index (κ1) is 21.2. The van der Waals surface area contributed by atoms with E-state index in [9.17, 15) is 0 Å². The molecule has 1 saturated heterocycles. The van der Waals surface area contributed by atoms with E-state index in [1.54, 1.807) is 7.05 Å². The molecule has 2 N–H and O–H groups in total. The van der Waals surface area contributed by atoms with Gasteiger partial charge in [-0.3, -0.25) is 4.99 Å². The quantitative estimate of drug-likeness (QED) is 0.279. The van der Waals surface area contributed by atoms with E-state index in [0.29, 0.717) is 5.92 Å². The van der Waals surface area contributed by atoms with Crippen LogP contribution in [0.15, 0.2) is 35.3 Å². The minimum Gasteiger partial charge on any atom is -0.381 e. The third-order valence-electron chi connectivity index (χ3n) is 4.01. The highest BCUT2D eigenvalue weighted by molar-refractivity contribution is 14.0. The fourth-order valence-electron chi connectivity index (χ4n) is 2.57. The van der Waals surface area contributed by atoms with E-state index in [1.807, 2.05) is 6.07 Å². The van der Waals surface area contributed by atoms with Gasteiger partial charge in [0.05, 0.1) is 19.3 Å². The zero-order valence-corrected chi connectivity index (χ0v) is 17.0. The largest absolute Gasteiger partial charge is 0.381 e. The Labute approximate surface area is 162 Å². The highest BCUT2D eigenvalue weighted by Crippen LogP contribution is 2.12. The highest BCUT2D eigenvalue weighted by Gasteiger charge is 2.15. The zero-order chi connectivity index (χ0) is 16.3. The van der Waals surface area contributed by atoms with Gasteiger partial charge in [-0.05, 0) is 25.3 Å². The van der Waals surface area contributed by atoms with Crippen molar-refractivity contribution >= 4 is 29.9 Å². The SMILES string of the molecule is CN=C(NCCCOCC1CCOC1)NC(C)c1ccccc1.I. The van der Waals surface area contributed by atoms with Crippen LogP contribution in [0.25, 0.3) is 0 Å². The maximum absolute atomic E-state index is 5.70. The summed E-state index contributed by atoms with van der Waals surface area (Å²) in [5.41, 5.74) is 1.25. The van der Waals surface area contributed by atoms with Crippen molar-refractivity contribution in [2.75, 3.05) is 40.0 Å². The van der Waals surface area contributed by atoms with Gasteiger partial charge >= 0.3 is 0 Å². The number of hydrogen-bond acceptors (Lipinski definition) is 3. The first-order chi connectivity index (χ1) is 11.3. The lowest BCUT2D eigenvalue weighted by Gasteiger charge is -2.18. The Morgan fingerprint density at radius 2 is 2.17 bits per heavy atom. The molecular weight excluding hydrogens is 417 g/mol. The molecule has 1 fully saturated rings. The first-order valence-corrected chi connectivity index (χ1v) is 8.47. The number of halogens is 1. The van der Waals surface area contributed by atoms with Gasteiger partial charge in [-0.15, -0.1) is 24.0 Å². The molecule has 1 aliphatic rings. The molecule has 0 amide bonds. The number of ether oxygens (including phenoxy) is 2. The second-order valence-electron chi connectivity index (χ2n) is 5.93. The van der Waals surface area contributed by atoms with E-state index < -0.39 is 0 Å². The molecule has 0 radical (unpaired) electrons. The summed E-state index contributed by atoms with van der Waals surface area (Å²) in [6, 6.07) is 10.6. The molecule has 0 saturated carbocycles. The monoisotopic (exact) mass is 447 g/mol. The average molecular weight is 447 g/mol. The molecule has 2 unspecified atom stereocenters. The van der Waals surface area contributed by atoms with Gasteiger partial charge in [0.15, 0.2) is 5.96 Å². The van der Waals surface area contributed by atoms with E-state index in [4.69, 9.17) is 9.47 Å². The normalized spacial score (nSPS) is 18.8. The first-order valence-electron chi connectivity index (χ1n) is 8.47.